The van der Waals surface area contributed by atoms with Crippen LogP contribution in [0.25, 0.3) is 0 Å². The Kier molecular flexibility index (Phi) is 5.01. The quantitative estimate of drug-likeness (QED) is 0.852. The third kappa shape index (κ3) is 4.10. The molecule has 0 aliphatic heterocycles. The zero-order chi connectivity index (χ0) is 12.8. The van der Waals surface area contributed by atoms with Crippen molar-refractivity contribution in [1.29, 1.82) is 0 Å². The van der Waals surface area contributed by atoms with E-state index in [9.17, 15) is 4.79 Å². The Morgan fingerprint density at radius 2 is 1.94 bits per heavy atom. The van der Waals surface area contributed by atoms with Crippen LogP contribution >= 0.6 is 0 Å². The van der Waals surface area contributed by atoms with Gasteiger partial charge in [-0.1, -0.05) is 26.0 Å². The van der Waals surface area contributed by atoms with Gasteiger partial charge in [-0.3, -0.25) is 4.79 Å². The van der Waals surface area contributed by atoms with E-state index in [0.29, 0.717) is 17.2 Å². The summed E-state index contributed by atoms with van der Waals surface area (Å²) in [6.07, 6.45) is 0.973. The fraction of sp³-hybridized carbons (Fsp3) is 0.500. The number of benzene rings is 1. The first-order valence-corrected chi connectivity index (χ1v) is 5.98. The summed E-state index contributed by atoms with van der Waals surface area (Å²) in [6, 6.07) is 7.43. The first-order valence-electron chi connectivity index (χ1n) is 5.98. The molecule has 1 N–H and O–H groups in total. The predicted octanol–water partition coefficient (Wildman–Crippen LogP) is 2.86. The second-order valence-electron chi connectivity index (χ2n) is 4.70. The van der Waals surface area contributed by atoms with Crippen molar-refractivity contribution in [1.82, 2.24) is 5.32 Å². The van der Waals surface area contributed by atoms with E-state index in [2.05, 4.69) is 19.2 Å². The Balaban J connectivity index is 2.69. The zero-order valence-corrected chi connectivity index (χ0v) is 11.0. The van der Waals surface area contributed by atoms with Crippen LogP contribution in [0, 0.1) is 5.92 Å². The molecule has 1 aromatic carbocycles. The van der Waals surface area contributed by atoms with Crippen molar-refractivity contribution in [3.05, 3.63) is 29.8 Å². The summed E-state index contributed by atoms with van der Waals surface area (Å²) in [4.78, 5) is 12.0. The largest absolute Gasteiger partial charge is 0.496 e. The molecule has 0 unspecified atom stereocenters. The Hall–Kier alpha value is -1.51. The minimum Gasteiger partial charge on any atom is -0.496 e. The summed E-state index contributed by atoms with van der Waals surface area (Å²) < 4.78 is 5.17. The van der Waals surface area contributed by atoms with Crippen LogP contribution < -0.4 is 10.1 Å². The van der Waals surface area contributed by atoms with Gasteiger partial charge in [0.15, 0.2) is 0 Å². The van der Waals surface area contributed by atoms with Gasteiger partial charge in [0.2, 0.25) is 0 Å². The Labute approximate surface area is 103 Å². The van der Waals surface area contributed by atoms with Gasteiger partial charge in [0.1, 0.15) is 5.75 Å². The van der Waals surface area contributed by atoms with Crippen LogP contribution in [0.2, 0.25) is 0 Å². The number of para-hydroxylation sites is 1. The van der Waals surface area contributed by atoms with Crippen molar-refractivity contribution in [2.45, 2.75) is 33.2 Å². The number of hydrogen-bond donors (Lipinski definition) is 1. The monoisotopic (exact) mass is 235 g/mol. The molecular formula is C14H21NO2. The Bertz CT molecular complexity index is 374. The molecule has 1 amide bonds. The highest BCUT2D eigenvalue weighted by atomic mass is 16.5. The van der Waals surface area contributed by atoms with Crippen molar-refractivity contribution in [2.75, 3.05) is 7.11 Å². The van der Waals surface area contributed by atoms with Crippen LogP contribution in [0.15, 0.2) is 24.3 Å². The lowest BCUT2D eigenvalue weighted by molar-refractivity contribution is 0.0933. The minimum atomic E-state index is -0.0735. The molecule has 1 atom stereocenters. The molecule has 1 aromatic rings. The number of carbonyl (C=O) groups excluding carboxylic acids is 1. The van der Waals surface area contributed by atoms with Crippen LogP contribution in [0.1, 0.15) is 37.6 Å². The van der Waals surface area contributed by atoms with Gasteiger partial charge in [-0.15, -0.1) is 0 Å². The molecule has 0 heterocycles. The van der Waals surface area contributed by atoms with E-state index >= 15 is 0 Å². The standard InChI is InChI=1S/C14H21NO2/c1-10(2)9-11(3)15-14(16)12-7-5-6-8-13(12)17-4/h5-8,10-11H,9H2,1-4H3,(H,15,16)/t11-/m1/s1. The molecule has 0 aliphatic rings. The van der Waals surface area contributed by atoms with Gasteiger partial charge in [0.05, 0.1) is 12.7 Å². The molecule has 17 heavy (non-hydrogen) atoms. The highest BCUT2D eigenvalue weighted by Crippen LogP contribution is 2.17. The van der Waals surface area contributed by atoms with E-state index in [1.807, 2.05) is 19.1 Å². The van der Waals surface area contributed by atoms with Gasteiger partial charge < -0.3 is 10.1 Å². The maximum Gasteiger partial charge on any atom is 0.255 e. The minimum absolute atomic E-state index is 0.0735. The molecule has 0 spiro atoms. The lowest BCUT2D eigenvalue weighted by Gasteiger charge is -2.16. The molecule has 0 aliphatic carbocycles. The number of carbonyl (C=O) groups is 1. The van der Waals surface area contributed by atoms with Crippen molar-refractivity contribution >= 4 is 5.91 Å². The van der Waals surface area contributed by atoms with Gasteiger partial charge in [-0.25, -0.2) is 0 Å². The molecule has 0 fully saturated rings. The van der Waals surface area contributed by atoms with Gasteiger partial charge >= 0.3 is 0 Å². The topological polar surface area (TPSA) is 38.3 Å². The number of hydrogen-bond acceptors (Lipinski definition) is 2. The van der Waals surface area contributed by atoms with Crippen LogP contribution in [0.4, 0.5) is 0 Å². The number of amides is 1. The molecule has 0 saturated carbocycles. The Morgan fingerprint density at radius 3 is 2.53 bits per heavy atom. The third-order valence-electron chi connectivity index (χ3n) is 2.55. The average Bonchev–Trinajstić information content (AvgIpc) is 2.27. The maximum absolute atomic E-state index is 12.0. The van der Waals surface area contributed by atoms with Crippen molar-refractivity contribution in [2.24, 2.45) is 5.92 Å². The summed E-state index contributed by atoms with van der Waals surface area (Å²) in [6.45, 7) is 6.31. The number of methoxy groups -OCH3 is 1. The smallest absolute Gasteiger partial charge is 0.255 e. The van der Waals surface area contributed by atoms with E-state index in [0.717, 1.165) is 6.42 Å². The molecule has 1 rings (SSSR count). The van der Waals surface area contributed by atoms with Crippen molar-refractivity contribution in [3.8, 4) is 5.75 Å². The number of rotatable bonds is 5. The fourth-order valence-corrected chi connectivity index (χ4v) is 1.90. The van der Waals surface area contributed by atoms with E-state index in [4.69, 9.17) is 4.74 Å². The van der Waals surface area contributed by atoms with E-state index in [-0.39, 0.29) is 11.9 Å². The van der Waals surface area contributed by atoms with Crippen molar-refractivity contribution < 1.29 is 9.53 Å². The normalized spacial score (nSPS) is 12.3. The molecular weight excluding hydrogens is 214 g/mol. The van der Waals surface area contributed by atoms with Gasteiger partial charge in [0.25, 0.3) is 5.91 Å². The Morgan fingerprint density at radius 1 is 1.29 bits per heavy atom. The molecule has 0 radical (unpaired) electrons. The maximum atomic E-state index is 12.0. The molecule has 0 bridgehead atoms. The SMILES string of the molecule is COc1ccccc1C(=O)N[C@H](C)CC(C)C. The average molecular weight is 235 g/mol. The van der Waals surface area contributed by atoms with E-state index in [1.165, 1.54) is 0 Å². The van der Waals surface area contributed by atoms with E-state index in [1.54, 1.807) is 19.2 Å². The highest BCUT2D eigenvalue weighted by Gasteiger charge is 2.14. The second kappa shape index (κ2) is 6.28. The van der Waals surface area contributed by atoms with Crippen LogP contribution in [0.5, 0.6) is 5.75 Å². The first-order chi connectivity index (χ1) is 8.04. The summed E-state index contributed by atoms with van der Waals surface area (Å²) in [5.41, 5.74) is 0.589. The van der Waals surface area contributed by atoms with Crippen molar-refractivity contribution in [3.63, 3.8) is 0 Å². The van der Waals surface area contributed by atoms with E-state index < -0.39 is 0 Å². The van der Waals surface area contributed by atoms with Gasteiger partial charge in [0, 0.05) is 6.04 Å². The summed E-state index contributed by atoms with van der Waals surface area (Å²) in [5.74, 6) is 1.11. The number of nitrogens with one attached hydrogen (secondary N) is 1. The summed E-state index contributed by atoms with van der Waals surface area (Å²) >= 11 is 0. The number of ether oxygens (including phenoxy) is 1. The zero-order valence-electron chi connectivity index (χ0n) is 11.0. The van der Waals surface area contributed by atoms with Crippen LogP contribution in [-0.2, 0) is 0 Å². The summed E-state index contributed by atoms with van der Waals surface area (Å²) in [5, 5.41) is 2.98. The molecule has 0 aromatic heterocycles. The fourth-order valence-electron chi connectivity index (χ4n) is 1.90. The molecule has 3 nitrogen and oxygen atoms in total. The third-order valence-corrected chi connectivity index (χ3v) is 2.55. The van der Waals surface area contributed by atoms with Crippen LogP contribution in [0.3, 0.4) is 0 Å². The second-order valence-corrected chi connectivity index (χ2v) is 4.70. The van der Waals surface area contributed by atoms with Crippen LogP contribution in [-0.4, -0.2) is 19.1 Å². The lowest BCUT2D eigenvalue weighted by atomic mass is 10.0. The summed E-state index contributed by atoms with van der Waals surface area (Å²) in [7, 11) is 1.57. The van der Waals surface area contributed by atoms with Gasteiger partial charge in [-0.2, -0.15) is 0 Å². The van der Waals surface area contributed by atoms with Gasteiger partial charge in [-0.05, 0) is 31.4 Å². The first kappa shape index (κ1) is 13.6. The highest BCUT2D eigenvalue weighted by molar-refractivity contribution is 5.97. The molecule has 0 saturated heterocycles. The lowest BCUT2D eigenvalue weighted by Crippen LogP contribution is -2.33. The predicted molar refractivity (Wildman–Crippen MR) is 69.4 cm³/mol. The molecule has 94 valence electrons. The molecule has 3 heteroatoms.